The largest absolute Gasteiger partial charge is 0.322 e. The highest BCUT2D eigenvalue weighted by atomic mass is 35.5. The summed E-state index contributed by atoms with van der Waals surface area (Å²) < 4.78 is 13.6. The molecule has 2 aromatic rings. The van der Waals surface area contributed by atoms with Crippen molar-refractivity contribution in [3.8, 4) is 0 Å². The van der Waals surface area contributed by atoms with Crippen LogP contribution in [0.25, 0.3) is 0 Å². The second-order valence-corrected chi connectivity index (χ2v) is 4.32. The summed E-state index contributed by atoms with van der Waals surface area (Å²) >= 11 is 5.76. The van der Waals surface area contributed by atoms with Crippen molar-refractivity contribution in [3.63, 3.8) is 0 Å². The minimum absolute atomic E-state index is 0.359. The van der Waals surface area contributed by atoms with Gasteiger partial charge in [0.2, 0.25) is 0 Å². The van der Waals surface area contributed by atoms with E-state index in [4.69, 9.17) is 11.6 Å². The number of hydrogen-bond donors (Lipinski definition) is 1. The molecule has 0 fully saturated rings. The Kier molecular flexibility index (Phi) is 3.95. The highest BCUT2D eigenvalue weighted by Crippen LogP contribution is 2.20. The summed E-state index contributed by atoms with van der Waals surface area (Å²) in [5.74, 6) is -1.62. The van der Waals surface area contributed by atoms with Crippen molar-refractivity contribution in [2.45, 2.75) is 0 Å². The van der Waals surface area contributed by atoms with Gasteiger partial charge in [0.1, 0.15) is 5.82 Å². The topological polar surface area (TPSA) is 72.2 Å². The lowest BCUT2D eigenvalue weighted by atomic mass is 10.1. The van der Waals surface area contributed by atoms with Gasteiger partial charge in [-0.2, -0.15) is 0 Å². The Morgan fingerprint density at radius 3 is 2.65 bits per heavy atom. The minimum atomic E-state index is -0.838. The fourth-order valence-electron chi connectivity index (χ4n) is 1.57. The van der Waals surface area contributed by atoms with Crippen LogP contribution < -0.4 is 5.32 Å². The number of halogens is 2. The Labute approximate surface area is 118 Å². The predicted octanol–water partition coefficient (Wildman–Crippen LogP) is 3.64. The Hall–Kier alpha value is -2.47. The Balaban J connectivity index is 2.29. The number of anilines is 1. The van der Waals surface area contributed by atoms with Crippen LogP contribution in [0.15, 0.2) is 42.5 Å². The van der Waals surface area contributed by atoms with E-state index in [0.29, 0.717) is 10.7 Å². The number of nitro groups is 1. The fourth-order valence-corrected chi connectivity index (χ4v) is 1.76. The highest BCUT2D eigenvalue weighted by Gasteiger charge is 2.17. The summed E-state index contributed by atoms with van der Waals surface area (Å²) in [6.45, 7) is 0. The van der Waals surface area contributed by atoms with Crippen molar-refractivity contribution in [2.75, 3.05) is 5.32 Å². The molecule has 102 valence electrons. The van der Waals surface area contributed by atoms with Crippen molar-refractivity contribution in [3.05, 3.63) is 69.0 Å². The SMILES string of the molecule is O=C(Nc1cccc(Cl)c1)c1cc([N+](=O)[O-])ccc1F. The van der Waals surface area contributed by atoms with Gasteiger partial charge in [-0.25, -0.2) is 4.39 Å². The van der Waals surface area contributed by atoms with Gasteiger partial charge in [-0.1, -0.05) is 17.7 Å². The number of carbonyl (C=O) groups excluding carboxylic acids is 1. The van der Waals surface area contributed by atoms with E-state index in [2.05, 4.69) is 5.32 Å². The van der Waals surface area contributed by atoms with E-state index in [1.807, 2.05) is 0 Å². The van der Waals surface area contributed by atoms with Gasteiger partial charge >= 0.3 is 0 Å². The predicted molar refractivity (Wildman–Crippen MR) is 72.5 cm³/mol. The quantitative estimate of drug-likeness (QED) is 0.694. The second kappa shape index (κ2) is 5.66. The van der Waals surface area contributed by atoms with E-state index in [0.717, 1.165) is 18.2 Å². The number of carbonyl (C=O) groups is 1. The molecule has 20 heavy (non-hydrogen) atoms. The zero-order valence-electron chi connectivity index (χ0n) is 9.97. The molecule has 0 unspecified atom stereocenters. The van der Waals surface area contributed by atoms with Crippen LogP contribution in [0, 0.1) is 15.9 Å². The number of benzene rings is 2. The first-order chi connectivity index (χ1) is 9.47. The van der Waals surface area contributed by atoms with Crippen molar-refractivity contribution in [1.82, 2.24) is 0 Å². The summed E-state index contributed by atoms with van der Waals surface area (Å²) in [6.07, 6.45) is 0. The molecule has 1 N–H and O–H groups in total. The number of amides is 1. The summed E-state index contributed by atoms with van der Waals surface area (Å²) in [5, 5.41) is 13.4. The highest BCUT2D eigenvalue weighted by molar-refractivity contribution is 6.30. The smallest absolute Gasteiger partial charge is 0.270 e. The van der Waals surface area contributed by atoms with Crippen LogP contribution in [0.4, 0.5) is 15.8 Å². The molecule has 0 heterocycles. The minimum Gasteiger partial charge on any atom is -0.322 e. The van der Waals surface area contributed by atoms with Gasteiger partial charge in [0, 0.05) is 22.8 Å². The van der Waals surface area contributed by atoms with Crippen molar-refractivity contribution in [2.24, 2.45) is 0 Å². The van der Waals surface area contributed by atoms with E-state index in [1.54, 1.807) is 18.2 Å². The molecule has 1 amide bonds. The maximum atomic E-state index is 13.6. The number of nitrogens with one attached hydrogen (secondary N) is 1. The zero-order chi connectivity index (χ0) is 14.7. The third-order valence-electron chi connectivity index (χ3n) is 2.49. The van der Waals surface area contributed by atoms with Crippen LogP contribution in [-0.4, -0.2) is 10.8 Å². The maximum absolute atomic E-state index is 13.6. The third kappa shape index (κ3) is 3.10. The zero-order valence-corrected chi connectivity index (χ0v) is 10.7. The molecular formula is C13H8ClFN2O3. The molecule has 0 radical (unpaired) electrons. The van der Waals surface area contributed by atoms with Crippen LogP contribution in [0.3, 0.4) is 0 Å². The van der Waals surface area contributed by atoms with E-state index in [1.165, 1.54) is 6.07 Å². The lowest BCUT2D eigenvalue weighted by molar-refractivity contribution is -0.384. The molecule has 0 aliphatic carbocycles. The third-order valence-corrected chi connectivity index (χ3v) is 2.72. The normalized spacial score (nSPS) is 10.1. The molecule has 0 saturated carbocycles. The molecule has 2 rings (SSSR count). The molecule has 7 heteroatoms. The van der Waals surface area contributed by atoms with Gasteiger partial charge in [-0.3, -0.25) is 14.9 Å². The summed E-state index contributed by atoms with van der Waals surface area (Å²) in [6, 6.07) is 9.03. The lowest BCUT2D eigenvalue weighted by Gasteiger charge is -2.06. The van der Waals surface area contributed by atoms with Crippen molar-refractivity contribution >= 4 is 28.9 Å². The van der Waals surface area contributed by atoms with Crippen LogP contribution in [0.2, 0.25) is 5.02 Å². The van der Waals surface area contributed by atoms with Crippen molar-refractivity contribution in [1.29, 1.82) is 0 Å². The Morgan fingerprint density at radius 1 is 1.25 bits per heavy atom. The molecule has 0 spiro atoms. The van der Waals surface area contributed by atoms with Gasteiger partial charge in [-0.15, -0.1) is 0 Å². The van der Waals surface area contributed by atoms with Crippen LogP contribution >= 0.6 is 11.6 Å². The maximum Gasteiger partial charge on any atom is 0.270 e. The van der Waals surface area contributed by atoms with E-state index >= 15 is 0 Å². The van der Waals surface area contributed by atoms with Gasteiger partial charge in [0.15, 0.2) is 0 Å². The molecular weight excluding hydrogens is 287 g/mol. The average Bonchev–Trinajstić information content (AvgIpc) is 2.38. The van der Waals surface area contributed by atoms with Crippen LogP contribution in [-0.2, 0) is 0 Å². The Morgan fingerprint density at radius 2 is 2.00 bits per heavy atom. The van der Waals surface area contributed by atoms with Crippen LogP contribution in [0.1, 0.15) is 10.4 Å². The first-order valence-electron chi connectivity index (χ1n) is 5.48. The lowest BCUT2D eigenvalue weighted by Crippen LogP contribution is -2.14. The molecule has 0 atom stereocenters. The molecule has 2 aromatic carbocycles. The first kappa shape index (κ1) is 14.0. The van der Waals surface area contributed by atoms with E-state index in [-0.39, 0.29) is 5.69 Å². The molecule has 0 aromatic heterocycles. The summed E-state index contributed by atoms with van der Waals surface area (Å²) in [5.41, 5.74) is -0.393. The molecule has 0 bridgehead atoms. The number of hydrogen-bond acceptors (Lipinski definition) is 3. The molecule has 0 saturated heterocycles. The number of nitrogens with zero attached hydrogens (tertiary/aromatic N) is 1. The van der Waals surface area contributed by atoms with Gasteiger partial charge < -0.3 is 5.32 Å². The van der Waals surface area contributed by atoms with E-state index in [9.17, 15) is 19.3 Å². The molecule has 0 aliphatic rings. The standard InChI is InChI=1S/C13H8ClFN2O3/c14-8-2-1-3-9(6-8)16-13(18)11-7-10(17(19)20)4-5-12(11)15/h1-7H,(H,16,18). The van der Waals surface area contributed by atoms with Crippen molar-refractivity contribution < 1.29 is 14.1 Å². The fraction of sp³-hybridized carbons (Fsp3) is 0. The Bertz CT molecular complexity index is 691. The summed E-state index contributed by atoms with van der Waals surface area (Å²) in [4.78, 5) is 21.8. The molecule has 0 aliphatic heterocycles. The first-order valence-corrected chi connectivity index (χ1v) is 5.86. The molecule has 5 nitrogen and oxygen atoms in total. The summed E-state index contributed by atoms with van der Waals surface area (Å²) in [7, 11) is 0. The number of rotatable bonds is 3. The monoisotopic (exact) mass is 294 g/mol. The number of non-ortho nitro benzene ring substituents is 1. The second-order valence-electron chi connectivity index (χ2n) is 3.89. The number of nitro benzene ring substituents is 1. The van der Waals surface area contributed by atoms with Gasteiger partial charge in [0.05, 0.1) is 10.5 Å². The average molecular weight is 295 g/mol. The van der Waals surface area contributed by atoms with Gasteiger partial charge in [0.25, 0.3) is 11.6 Å². The van der Waals surface area contributed by atoms with Crippen LogP contribution in [0.5, 0.6) is 0 Å². The van der Waals surface area contributed by atoms with Gasteiger partial charge in [-0.05, 0) is 24.3 Å². The van der Waals surface area contributed by atoms with E-state index < -0.39 is 22.2 Å².